The Morgan fingerprint density at radius 1 is 1.32 bits per heavy atom. The number of pyridine rings is 1. The number of nitrogens with zero attached hydrogens (tertiary/aromatic N) is 8. The van der Waals surface area contributed by atoms with Gasteiger partial charge >= 0.3 is 11.8 Å². The molecule has 0 fully saturated rings. The van der Waals surface area contributed by atoms with Crippen LogP contribution in [0.5, 0.6) is 0 Å². The average Bonchev–Trinajstić information content (AvgIpc) is 3.62. The van der Waals surface area contributed by atoms with Gasteiger partial charge in [0.25, 0.3) is 5.89 Å². The Kier molecular flexibility index (Phi) is 4.97. The molecular weight excluding hydrogens is 549 g/mol. The third-order valence-electron chi connectivity index (χ3n) is 6.10. The highest BCUT2D eigenvalue weighted by Crippen LogP contribution is 2.36. The number of amides is 1. The number of aromatic nitrogens is 8. The second-order valence-electron chi connectivity index (χ2n) is 8.15. The van der Waals surface area contributed by atoms with Gasteiger partial charge in [-0.15, -0.1) is 10.2 Å². The van der Waals surface area contributed by atoms with E-state index in [-0.39, 0.29) is 17.7 Å². The van der Waals surface area contributed by atoms with Gasteiger partial charge in [0, 0.05) is 42.0 Å². The molecule has 2 atom stereocenters. The van der Waals surface area contributed by atoms with E-state index in [0.29, 0.717) is 22.6 Å². The lowest BCUT2D eigenvalue weighted by Gasteiger charge is -2.32. The summed E-state index contributed by atoms with van der Waals surface area (Å²) in [7, 11) is 1.77. The van der Waals surface area contributed by atoms with Crippen LogP contribution >= 0.6 is 22.6 Å². The predicted molar refractivity (Wildman–Crippen MR) is 129 cm³/mol. The molecule has 5 aromatic heterocycles. The molecule has 1 aliphatic rings. The van der Waals surface area contributed by atoms with Crippen LogP contribution in [-0.2, 0) is 13.5 Å². The highest BCUT2D eigenvalue weighted by molar-refractivity contribution is 14.1. The van der Waals surface area contributed by atoms with Crippen LogP contribution in [0.25, 0.3) is 17.1 Å². The second-order valence-corrected chi connectivity index (χ2v) is 10.0. The molecule has 6 heterocycles. The van der Waals surface area contributed by atoms with Crippen LogP contribution in [0.15, 0.2) is 47.4 Å². The molecule has 1 amide bonds. The molecule has 0 radical (unpaired) electrons. The van der Waals surface area contributed by atoms with Crippen LogP contribution in [0.1, 0.15) is 50.2 Å². The monoisotopic (exact) mass is 569 g/mol. The first-order chi connectivity index (χ1) is 16.5. The zero-order valence-electron chi connectivity index (χ0n) is 18.4. The summed E-state index contributed by atoms with van der Waals surface area (Å²) in [5, 5.41) is 17.0. The summed E-state index contributed by atoms with van der Waals surface area (Å²) in [4.78, 5) is 23.1. The van der Waals surface area contributed by atoms with Gasteiger partial charge in [-0.2, -0.15) is 10.2 Å². The quantitative estimate of drug-likeness (QED) is 0.261. The van der Waals surface area contributed by atoms with Crippen molar-refractivity contribution in [1.29, 1.82) is 0 Å². The summed E-state index contributed by atoms with van der Waals surface area (Å²) >= 11 is 2.39. The normalized spacial score (nSPS) is 16.7. The van der Waals surface area contributed by atoms with Crippen LogP contribution < -0.4 is 0 Å². The predicted octanol–water partition coefficient (Wildman–Crippen LogP) is 3.12. The molecule has 1 unspecified atom stereocenters. The number of rotatable bonds is 4. The number of carbonyl (C=O) groups excluding carboxylic acids is 1. The van der Waals surface area contributed by atoms with Crippen molar-refractivity contribution in [3.8, 4) is 11.6 Å². The molecule has 0 saturated heterocycles. The van der Waals surface area contributed by atoms with Gasteiger partial charge in [0.2, 0.25) is 0 Å². The lowest BCUT2D eigenvalue weighted by Crippen LogP contribution is -2.41. The minimum atomic E-state index is -0.480. The van der Waals surface area contributed by atoms with E-state index in [2.05, 4.69) is 60.8 Å². The first kappa shape index (κ1) is 21.0. The van der Waals surface area contributed by atoms with E-state index in [1.807, 2.05) is 22.8 Å². The Morgan fingerprint density at radius 3 is 3.00 bits per heavy atom. The van der Waals surface area contributed by atoms with Crippen LogP contribution in [0, 0.1) is 0 Å². The van der Waals surface area contributed by atoms with Crippen molar-refractivity contribution in [2.75, 3.05) is 6.54 Å². The number of halogens is 1. The number of H-pyrrole nitrogens is 1. The van der Waals surface area contributed by atoms with Crippen molar-refractivity contribution >= 4 is 34.0 Å². The van der Waals surface area contributed by atoms with E-state index in [4.69, 9.17) is 9.52 Å². The molecule has 1 aliphatic heterocycles. The Labute approximate surface area is 207 Å². The molecule has 12 heteroatoms. The lowest BCUT2D eigenvalue weighted by molar-refractivity contribution is 0.0646. The van der Waals surface area contributed by atoms with Crippen molar-refractivity contribution in [3.63, 3.8) is 0 Å². The second kappa shape index (κ2) is 8.04. The number of hydrogen-bond donors (Lipinski definition) is 1. The minimum absolute atomic E-state index is 0.0782. The van der Waals surface area contributed by atoms with Crippen molar-refractivity contribution < 1.29 is 9.21 Å². The molecular formula is C22H20IN9O2. The Bertz CT molecular complexity index is 1510. The summed E-state index contributed by atoms with van der Waals surface area (Å²) in [6.07, 6.45) is 5.85. The molecule has 11 nitrogen and oxygen atoms in total. The first-order valence-corrected chi connectivity index (χ1v) is 12.0. The Balaban J connectivity index is 1.42. The van der Waals surface area contributed by atoms with Gasteiger partial charge in [0.05, 0.1) is 23.2 Å². The minimum Gasteiger partial charge on any atom is -0.411 e. The summed E-state index contributed by atoms with van der Waals surface area (Å²) in [6, 6.07) is 7.39. The van der Waals surface area contributed by atoms with E-state index >= 15 is 0 Å². The molecule has 34 heavy (non-hydrogen) atoms. The fourth-order valence-electron chi connectivity index (χ4n) is 4.44. The maximum atomic E-state index is 13.6. The molecule has 6 rings (SSSR count). The van der Waals surface area contributed by atoms with E-state index in [1.165, 1.54) is 5.56 Å². The van der Waals surface area contributed by atoms with Crippen LogP contribution in [0.4, 0.5) is 0 Å². The molecule has 172 valence electrons. The molecule has 1 N–H and O–H groups in total. The SMILES string of the molecule is CC(I)c1cccn2nc([C@@H]3c4nc[nH]c4CCN3C(=O)c3nnc(-c4ccnn4C)o3)cc12. The van der Waals surface area contributed by atoms with E-state index in [1.54, 1.807) is 35.2 Å². The van der Waals surface area contributed by atoms with Crippen LogP contribution in [0.2, 0.25) is 0 Å². The molecule has 0 spiro atoms. The van der Waals surface area contributed by atoms with E-state index in [0.717, 1.165) is 22.6 Å². The number of aryl methyl sites for hydroxylation is 1. The van der Waals surface area contributed by atoms with Gasteiger partial charge < -0.3 is 14.3 Å². The number of imidazole rings is 1. The number of fused-ring (bicyclic) bond motifs is 2. The van der Waals surface area contributed by atoms with E-state index in [9.17, 15) is 4.79 Å². The number of aromatic amines is 1. The van der Waals surface area contributed by atoms with Crippen LogP contribution in [0.3, 0.4) is 0 Å². The van der Waals surface area contributed by atoms with Gasteiger partial charge in [0.15, 0.2) is 0 Å². The van der Waals surface area contributed by atoms with Crippen molar-refractivity contribution in [2.24, 2.45) is 7.05 Å². The van der Waals surface area contributed by atoms with Crippen LogP contribution in [-0.4, -0.2) is 56.9 Å². The highest BCUT2D eigenvalue weighted by Gasteiger charge is 2.38. The molecule has 0 saturated carbocycles. The fraction of sp³-hybridized carbons (Fsp3) is 0.273. The summed E-state index contributed by atoms with van der Waals surface area (Å²) in [5.74, 6) is -0.199. The summed E-state index contributed by atoms with van der Waals surface area (Å²) < 4.78 is 9.54. The summed E-state index contributed by atoms with van der Waals surface area (Å²) in [6.45, 7) is 2.60. The maximum absolute atomic E-state index is 13.6. The average molecular weight is 569 g/mol. The smallest absolute Gasteiger partial charge is 0.312 e. The Morgan fingerprint density at radius 2 is 2.21 bits per heavy atom. The molecule has 0 bridgehead atoms. The zero-order chi connectivity index (χ0) is 23.4. The first-order valence-electron chi connectivity index (χ1n) is 10.8. The maximum Gasteiger partial charge on any atom is 0.312 e. The largest absolute Gasteiger partial charge is 0.411 e. The third kappa shape index (κ3) is 3.31. The Hall–Kier alpha value is -3.55. The zero-order valence-corrected chi connectivity index (χ0v) is 20.5. The van der Waals surface area contributed by atoms with Gasteiger partial charge in [-0.3, -0.25) is 9.48 Å². The number of nitrogens with one attached hydrogen (secondary N) is 1. The van der Waals surface area contributed by atoms with Crippen molar-refractivity contribution in [1.82, 2.24) is 44.5 Å². The number of hydrogen-bond acceptors (Lipinski definition) is 7. The number of carbonyl (C=O) groups is 1. The van der Waals surface area contributed by atoms with Gasteiger partial charge in [-0.1, -0.05) is 28.7 Å². The number of alkyl halides is 1. The van der Waals surface area contributed by atoms with E-state index < -0.39 is 6.04 Å². The molecule has 5 aromatic rings. The molecule has 0 aliphatic carbocycles. The van der Waals surface area contributed by atoms with Crippen molar-refractivity contribution in [3.05, 3.63) is 71.5 Å². The van der Waals surface area contributed by atoms with Gasteiger partial charge in [0.1, 0.15) is 11.7 Å². The van der Waals surface area contributed by atoms with Crippen molar-refractivity contribution in [2.45, 2.75) is 23.3 Å². The topological polar surface area (TPSA) is 123 Å². The molecule has 0 aromatic carbocycles. The standard InChI is InChI=1S/C22H20IN9O2/c1-12(23)13-4-3-8-32-17(13)10-15(29-32)19-18-14(24-11-25-18)6-9-31(19)22(33)21-28-27-20(34-21)16-5-7-26-30(16)2/h3-5,7-8,10-12,19H,6,9H2,1-2H3,(H,24,25)/t12?,19-/m1/s1. The lowest BCUT2D eigenvalue weighted by atomic mass is 9.99. The van der Waals surface area contributed by atoms with Gasteiger partial charge in [-0.25, -0.2) is 9.50 Å². The van der Waals surface area contributed by atoms with Gasteiger partial charge in [-0.05, 0) is 30.7 Å². The highest BCUT2D eigenvalue weighted by atomic mass is 127. The summed E-state index contributed by atoms with van der Waals surface area (Å²) in [5.41, 5.74) is 5.32. The third-order valence-corrected chi connectivity index (χ3v) is 6.77. The fourth-order valence-corrected chi connectivity index (χ4v) is 4.97.